The van der Waals surface area contributed by atoms with E-state index < -0.39 is 0 Å². The summed E-state index contributed by atoms with van der Waals surface area (Å²) >= 11 is 1.54. The topological polar surface area (TPSA) is 63.2 Å². The molecule has 0 spiro atoms. The molecule has 28 heavy (non-hydrogen) atoms. The van der Waals surface area contributed by atoms with Crippen molar-refractivity contribution in [3.05, 3.63) is 83.2 Å². The van der Waals surface area contributed by atoms with Crippen molar-refractivity contribution in [3.63, 3.8) is 0 Å². The van der Waals surface area contributed by atoms with Gasteiger partial charge in [0.1, 0.15) is 5.75 Å². The Balaban J connectivity index is 1.41. The van der Waals surface area contributed by atoms with Gasteiger partial charge in [-0.15, -0.1) is 0 Å². The van der Waals surface area contributed by atoms with Crippen molar-refractivity contribution in [2.24, 2.45) is 0 Å². The van der Waals surface area contributed by atoms with Gasteiger partial charge < -0.3 is 14.8 Å². The van der Waals surface area contributed by atoms with Crippen LogP contribution in [-0.2, 0) is 13.0 Å². The summed E-state index contributed by atoms with van der Waals surface area (Å²) in [5, 5.41) is 2.94. The summed E-state index contributed by atoms with van der Waals surface area (Å²) in [5.41, 5.74) is 4.85. The van der Waals surface area contributed by atoms with Crippen molar-refractivity contribution in [1.82, 2.24) is 10.3 Å². The van der Waals surface area contributed by atoms with E-state index in [9.17, 15) is 4.79 Å². The monoisotopic (exact) mass is 391 g/mol. The normalized spacial score (nSPS) is 12.2. The lowest BCUT2D eigenvalue weighted by Gasteiger charge is -2.12. The molecule has 0 fully saturated rings. The number of nitrogens with one attached hydrogen (secondary N) is 2. The van der Waals surface area contributed by atoms with Crippen LogP contribution in [0, 0.1) is 6.92 Å². The number of ether oxygens (including phenoxy) is 1. The Labute approximate surface area is 168 Å². The Hall–Kier alpha value is -2.99. The Bertz CT molecular complexity index is 992. The van der Waals surface area contributed by atoms with Crippen LogP contribution < -0.4 is 14.8 Å². The summed E-state index contributed by atoms with van der Waals surface area (Å²) in [6, 6.07) is 15.7. The van der Waals surface area contributed by atoms with Crippen molar-refractivity contribution in [2.75, 3.05) is 11.3 Å². The van der Waals surface area contributed by atoms with E-state index in [2.05, 4.69) is 21.1 Å². The van der Waals surface area contributed by atoms with E-state index >= 15 is 0 Å². The van der Waals surface area contributed by atoms with Gasteiger partial charge in [0.25, 0.3) is 5.91 Å². The molecule has 0 atom stereocenters. The Morgan fingerprint density at radius 1 is 1.21 bits per heavy atom. The lowest BCUT2D eigenvalue weighted by Crippen LogP contribution is -2.22. The first kappa shape index (κ1) is 18.4. The zero-order valence-corrected chi connectivity index (χ0v) is 16.4. The number of benzene rings is 2. The van der Waals surface area contributed by atoms with Gasteiger partial charge in [0.05, 0.1) is 6.61 Å². The molecule has 1 amide bonds. The second-order valence-corrected chi connectivity index (χ2v) is 7.53. The molecule has 0 unspecified atom stereocenters. The number of pyridine rings is 1. The van der Waals surface area contributed by atoms with Gasteiger partial charge in [-0.3, -0.25) is 9.78 Å². The van der Waals surface area contributed by atoms with Crippen LogP contribution in [-0.4, -0.2) is 17.5 Å². The lowest BCUT2D eigenvalue weighted by molar-refractivity contribution is 0.0951. The molecule has 4 rings (SSSR count). The SMILES string of the molecule is Cc1ccc(C(=O)NCc2cccnc2)cc1NSc1ccc2c(c1)CCO2. The number of fused-ring (bicyclic) bond motifs is 1. The fourth-order valence-electron chi connectivity index (χ4n) is 3.00. The summed E-state index contributed by atoms with van der Waals surface area (Å²) in [6.07, 6.45) is 4.42. The van der Waals surface area contributed by atoms with Crippen LogP contribution in [0.15, 0.2) is 65.8 Å². The second-order valence-electron chi connectivity index (χ2n) is 6.65. The minimum Gasteiger partial charge on any atom is -0.493 e. The minimum atomic E-state index is -0.105. The molecule has 0 radical (unpaired) electrons. The third kappa shape index (κ3) is 4.28. The minimum absolute atomic E-state index is 0.105. The molecule has 142 valence electrons. The molecule has 3 aromatic rings. The number of carbonyl (C=O) groups is 1. The molecule has 0 saturated heterocycles. The molecular weight excluding hydrogens is 370 g/mol. The van der Waals surface area contributed by atoms with E-state index in [1.807, 2.05) is 49.4 Å². The molecule has 1 aliphatic rings. The predicted octanol–water partition coefficient (Wildman–Crippen LogP) is 4.37. The molecule has 5 nitrogen and oxygen atoms in total. The zero-order chi connectivity index (χ0) is 19.3. The van der Waals surface area contributed by atoms with Gasteiger partial charge in [-0.1, -0.05) is 12.1 Å². The largest absolute Gasteiger partial charge is 0.493 e. The van der Waals surface area contributed by atoms with E-state index in [1.54, 1.807) is 12.4 Å². The van der Waals surface area contributed by atoms with E-state index in [4.69, 9.17) is 4.74 Å². The number of amides is 1. The predicted molar refractivity (Wildman–Crippen MR) is 112 cm³/mol. The number of carbonyl (C=O) groups excluding carboxylic acids is 1. The molecule has 2 N–H and O–H groups in total. The molecule has 0 saturated carbocycles. The Kier molecular flexibility index (Phi) is 5.48. The van der Waals surface area contributed by atoms with Crippen LogP contribution in [0.3, 0.4) is 0 Å². The molecule has 0 aliphatic carbocycles. The maximum atomic E-state index is 12.5. The highest BCUT2D eigenvalue weighted by Crippen LogP contribution is 2.31. The van der Waals surface area contributed by atoms with Gasteiger partial charge in [0, 0.05) is 41.5 Å². The summed E-state index contributed by atoms with van der Waals surface area (Å²) in [5.74, 6) is 0.874. The first-order valence-corrected chi connectivity index (χ1v) is 9.97. The van der Waals surface area contributed by atoms with Gasteiger partial charge in [0.2, 0.25) is 0 Å². The first-order valence-electron chi connectivity index (χ1n) is 9.15. The van der Waals surface area contributed by atoms with E-state index in [1.165, 1.54) is 17.5 Å². The van der Waals surface area contributed by atoms with Crippen LogP contribution in [0.5, 0.6) is 5.75 Å². The molecule has 1 aliphatic heterocycles. The number of hydrogen-bond acceptors (Lipinski definition) is 5. The van der Waals surface area contributed by atoms with Crippen molar-refractivity contribution in [3.8, 4) is 5.75 Å². The molecule has 2 aromatic carbocycles. The fraction of sp³-hybridized carbons (Fsp3) is 0.182. The molecule has 0 bridgehead atoms. The highest BCUT2D eigenvalue weighted by Gasteiger charge is 2.13. The van der Waals surface area contributed by atoms with Gasteiger partial charge in [-0.2, -0.15) is 0 Å². The molecular formula is C22H21N3O2S. The van der Waals surface area contributed by atoms with E-state index in [0.29, 0.717) is 12.1 Å². The fourth-order valence-corrected chi connectivity index (χ4v) is 3.79. The highest BCUT2D eigenvalue weighted by atomic mass is 32.2. The summed E-state index contributed by atoms with van der Waals surface area (Å²) in [4.78, 5) is 17.7. The molecule has 2 heterocycles. The first-order chi connectivity index (χ1) is 13.7. The van der Waals surface area contributed by atoms with E-state index in [-0.39, 0.29) is 5.91 Å². The van der Waals surface area contributed by atoms with Crippen molar-refractivity contribution in [1.29, 1.82) is 0 Å². The molecule has 6 heteroatoms. The van der Waals surface area contributed by atoms with Crippen LogP contribution in [0.25, 0.3) is 0 Å². The number of hydrogen-bond donors (Lipinski definition) is 2. The zero-order valence-electron chi connectivity index (χ0n) is 15.6. The number of anilines is 1. The van der Waals surface area contributed by atoms with Crippen LogP contribution in [0.1, 0.15) is 27.0 Å². The van der Waals surface area contributed by atoms with Gasteiger partial charge in [-0.05, 0) is 72.0 Å². The standard InChI is InChI=1S/C22H21N3O2S/c1-15-4-5-18(22(26)24-14-16-3-2-9-23-13-16)12-20(15)25-28-19-6-7-21-17(11-19)8-10-27-21/h2-7,9,11-13,25H,8,10,14H2,1H3,(H,24,26). The van der Waals surface area contributed by atoms with E-state index in [0.717, 1.165) is 40.5 Å². The lowest BCUT2D eigenvalue weighted by atomic mass is 10.1. The Morgan fingerprint density at radius 2 is 2.14 bits per heavy atom. The maximum absolute atomic E-state index is 12.5. The van der Waals surface area contributed by atoms with Crippen molar-refractivity contribution >= 4 is 23.5 Å². The number of nitrogens with zero attached hydrogens (tertiary/aromatic N) is 1. The quantitative estimate of drug-likeness (QED) is 0.611. The van der Waals surface area contributed by atoms with Crippen molar-refractivity contribution < 1.29 is 9.53 Å². The molecule has 1 aromatic heterocycles. The van der Waals surface area contributed by atoms with Crippen LogP contribution in [0.2, 0.25) is 0 Å². The Morgan fingerprint density at radius 3 is 3.00 bits per heavy atom. The van der Waals surface area contributed by atoms with Crippen LogP contribution >= 0.6 is 11.9 Å². The smallest absolute Gasteiger partial charge is 0.251 e. The summed E-state index contributed by atoms with van der Waals surface area (Å²) in [7, 11) is 0. The van der Waals surface area contributed by atoms with Gasteiger partial charge in [0.15, 0.2) is 0 Å². The summed E-state index contributed by atoms with van der Waals surface area (Å²) in [6.45, 7) is 3.23. The van der Waals surface area contributed by atoms with Crippen LogP contribution in [0.4, 0.5) is 5.69 Å². The number of aryl methyl sites for hydroxylation is 1. The third-order valence-corrected chi connectivity index (χ3v) is 5.43. The number of rotatable bonds is 6. The second kappa shape index (κ2) is 8.35. The average Bonchev–Trinajstić information content (AvgIpc) is 3.20. The average molecular weight is 391 g/mol. The number of aromatic nitrogens is 1. The van der Waals surface area contributed by atoms with Crippen molar-refractivity contribution in [2.45, 2.75) is 24.8 Å². The van der Waals surface area contributed by atoms with Gasteiger partial charge >= 0.3 is 0 Å². The summed E-state index contributed by atoms with van der Waals surface area (Å²) < 4.78 is 8.93. The third-order valence-electron chi connectivity index (χ3n) is 4.62. The maximum Gasteiger partial charge on any atom is 0.251 e. The van der Waals surface area contributed by atoms with Gasteiger partial charge in [-0.25, -0.2) is 0 Å². The highest BCUT2D eigenvalue weighted by molar-refractivity contribution is 8.00.